The molecule has 25 heavy (non-hydrogen) atoms. The first-order valence-electron chi connectivity index (χ1n) is 7.35. The quantitative estimate of drug-likeness (QED) is 0.710. The summed E-state index contributed by atoms with van der Waals surface area (Å²) in [5.41, 5.74) is 1.36. The summed E-state index contributed by atoms with van der Waals surface area (Å²) in [5, 5.41) is 17.1. The minimum Gasteiger partial charge on any atom is -0.872 e. The van der Waals surface area contributed by atoms with E-state index >= 15 is 0 Å². The number of nitrogens with one attached hydrogen (secondary N) is 1. The molecular formula is C19H15ClNNaO3. The molecule has 0 bridgehead atoms. The van der Waals surface area contributed by atoms with Crippen molar-refractivity contribution in [1.29, 1.82) is 0 Å². The third-order valence-corrected chi connectivity index (χ3v) is 4.23. The van der Waals surface area contributed by atoms with E-state index in [9.17, 15) is 9.90 Å². The van der Waals surface area contributed by atoms with E-state index in [0.29, 0.717) is 16.5 Å². The van der Waals surface area contributed by atoms with Gasteiger partial charge in [-0.2, -0.15) is 0 Å². The Morgan fingerprint density at radius 1 is 1.12 bits per heavy atom. The van der Waals surface area contributed by atoms with E-state index in [1.54, 1.807) is 18.2 Å². The Hall–Kier alpha value is -1.72. The molecule has 0 atom stereocenters. The summed E-state index contributed by atoms with van der Waals surface area (Å²) in [6.45, 7) is 1.83. The van der Waals surface area contributed by atoms with Crippen LogP contribution in [0, 0.1) is 6.92 Å². The average Bonchev–Trinajstić information content (AvgIpc) is 2.57. The molecule has 0 saturated heterocycles. The molecule has 0 spiro atoms. The molecule has 3 aromatic rings. The molecule has 0 heterocycles. The number of carbonyl (C=O) groups is 1. The van der Waals surface area contributed by atoms with Gasteiger partial charge in [-0.3, -0.25) is 4.79 Å². The van der Waals surface area contributed by atoms with Crippen molar-refractivity contribution in [2.45, 2.75) is 6.92 Å². The minimum atomic E-state index is -0.481. The third kappa shape index (κ3) is 4.10. The molecule has 1 amide bonds. The van der Waals surface area contributed by atoms with Crippen LogP contribution in [-0.2, 0) is 0 Å². The standard InChI is InChI=1S/C19H16ClNO3.Na/c1-11-7-16(18(24-2)10-15(11)20)21-19(23)14-8-12-5-3-4-6-13(12)9-17(14)22;/h3-10,22H,1-2H3,(H,21,23);/q;+1/p-1. The monoisotopic (exact) mass is 363 g/mol. The van der Waals surface area contributed by atoms with E-state index in [4.69, 9.17) is 16.3 Å². The summed E-state index contributed by atoms with van der Waals surface area (Å²) >= 11 is 6.07. The number of amides is 1. The molecule has 0 aliphatic carbocycles. The summed E-state index contributed by atoms with van der Waals surface area (Å²) in [6, 6.07) is 13.8. The third-order valence-electron chi connectivity index (χ3n) is 3.82. The Morgan fingerprint density at radius 2 is 1.76 bits per heavy atom. The number of halogens is 1. The van der Waals surface area contributed by atoms with Crippen LogP contribution in [0.3, 0.4) is 0 Å². The van der Waals surface area contributed by atoms with Crippen molar-refractivity contribution in [3.8, 4) is 11.5 Å². The van der Waals surface area contributed by atoms with Gasteiger partial charge in [0.1, 0.15) is 5.75 Å². The SMILES string of the molecule is COc1cc(Cl)c(C)cc1NC(=O)c1cc2ccccc2cc1[O-].[Na+]. The minimum absolute atomic E-state index is 0. The molecule has 0 aliphatic rings. The van der Waals surface area contributed by atoms with Crippen LogP contribution in [-0.4, -0.2) is 13.0 Å². The number of hydrogen-bond acceptors (Lipinski definition) is 3. The first kappa shape index (κ1) is 19.6. The van der Waals surface area contributed by atoms with Crippen LogP contribution in [0.5, 0.6) is 11.5 Å². The number of hydrogen-bond donors (Lipinski definition) is 1. The first-order chi connectivity index (χ1) is 11.5. The van der Waals surface area contributed by atoms with Crippen LogP contribution in [0.4, 0.5) is 5.69 Å². The van der Waals surface area contributed by atoms with E-state index in [1.165, 1.54) is 13.2 Å². The van der Waals surface area contributed by atoms with Crippen molar-refractivity contribution in [1.82, 2.24) is 0 Å². The summed E-state index contributed by atoms with van der Waals surface area (Å²) in [6.07, 6.45) is 0. The number of ether oxygens (including phenoxy) is 1. The van der Waals surface area contributed by atoms with Crippen molar-refractivity contribution >= 4 is 34.0 Å². The van der Waals surface area contributed by atoms with Gasteiger partial charge < -0.3 is 15.2 Å². The van der Waals surface area contributed by atoms with Crippen LogP contribution in [0.2, 0.25) is 5.02 Å². The molecule has 1 N–H and O–H groups in total. The average molecular weight is 364 g/mol. The van der Waals surface area contributed by atoms with Gasteiger partial charge in [-0.1, -0.05) is 47.7 Å². The van der Waals surface area contributed by atoms with Gasteiger partial charge in [0.25, 0.3) is 5.91 Å². The summed E-state index contributed by atoms with van der Waals surface area (Å²) in [7, 11) is 1.49. The van der Waals surface area contributed by atoms with E-state index < -0.39 is 5.91 Å². The predicted octanol–water partition coefficient (Wildman–Crippen LogP) is 1.14. The van der Waals surface area contributed by atoms with Crippen LogP contribution in [0.15, 0.2) is 48.5 Å². The van der Waals surface area contributed by atoms with Crippen molar-refractivity contribution < 1.29 is 44.2 Å². The molecule has 4 nitrogen and oxygen atoms in total. The van der Waals surface area contributed by atoms with Gasteiger partial charge >= 0.3 is 29.6 Å². The fraction of sp³-hybridized carbons (Fsp3) is 0.105. The van der Waals surface area contributed by atoms with Crippen LogP contribution < -0.4 is 44.7 Å². The molecule has 3 rings (SSSR count). The molecule has 122 valence electrons. The normalized spacial score (nSPS) is 10.2. The van der Waals surface area contributed by atoms with Gasteiger partial charge in [0, 0.05) is 16.7 Å². The van der Waals surface area contributed by atoms with Crippen molar-refractivity contribution in [2.75, 3.05) is 12.4 Å². The second kappa shape index (κ2) is 8.11. The summed E-state index contributed by atoms with van der Waals surface area (Å²) in [4.78, 5) is 12.5. The van der Waals surface area contributed by atoms with Gasteiger partial charge in [-0.05, 0) is 35.4 Å². The van der Waals surface area contributed by atoms with E-state index in [1.807, 2.05) is 31.2 Å². The maximum absolute atomic E-state index is 12.5. The van der Waals surface area contributed by atoms with Gasteiger partial charge in [0.15, 0.2) is 0 Å². The van der Waals surface area contributed by atoms with Crippen LogP contribution >= 0.6 is 11.6 Å². The van der Waals surface area contributed by atoms with Gasteiger partial charge in [0.05, 0.1) is 12.8 Å². The molecule has 0 radical (unpaired) electrons. The van der Waals surface area contributed by atoms with Crippen LogP contribution in [0.25, 0.3) is 10.8 Å². The Balaban J connectivity index is 0.00000225. The number of carbonyl (C=O) groups excluding carboxylic acids is 1. The topological polar surface area (TPSA) is 61.4 Å². The molecule has 0 saturated carbocycles. The molecule has 0 fully saturated rings. The van der Waals surface area contributed by atoms with Gasteiger partial charge in [0.2, 0.25) is 0 Å². The fourth-order valence-electron chi connectivity index (χ4n) is 2.52. The summed E-state index contributed by atoms with van der Waals surface area (Å²) < 4.78 is 5.24. The van der Waals surface area contributed by atoms with Crippen molar-refractivity contribution in [3.63, 3.8) is 0 Å². The largest absolute Gasteiger partial charge is 1.00 e. The van der Waals surface area contributed by atoms with Crippen molar-refractivity contribution in [2.24, 2.45) is 0 Å². The maximum Gasteiger partial charge on any atom is 1.00 e. The van der Waals surface area contributed by atoms with E-state index in [2.05, 4.69) is 5.32 Å². The Morgan fingerprint density at radius 3 is 2.40 bits per heavy atom. The zero-order valence-electron chi connectivity index (χ0n) is 14.2. The predicted molar refractivity (Wildman–Crippen MR) is 94.1 cm³/mol. The maximum atomic E-state index is 12.5. The number of aryl methyl sites for hydroxylation is 1. The van der Waals surface area contributed by atoms with Gasteiger partial charge in [-0.25, -0.2) is 0 Å². The van der Waals surface area contributed by atoms with Crippen molar-refractivity contribution in [3.05, 3.63) is 64.7 Å². The fourth-order valence-corrected chi connectivity index (χ4v) is 2.67. The molecule has 0 aromatic heterocycles. The number of rotatable bonds is 3. The Kier molecular flexibility index (Phi) is 6.36. The zero-order valence-corrected chi connectivity index (χ0v) is 17.0. The zero-order chi connectivity index (χ0) is 17.3. The van der Waals surface area contributed by atoms with E-state index in [0.717, 1.165) is 16.3 Å². The van der Waals surface area contributed by atoms with E-state index in [-0.39, 0.29) is 40.9 Å². The number of benzene rings is 3. The van der Waals surface area contributed by atoms with Crippen LogP contribution in [0.1, 0.15) is 15.9 Å². The molecule has 0 unspecified atom stereocenters. The second-order valence-corrected chi connectivity index (χ2v) is 5.86. The van der Waals surface area contributed by atoms with Gasteiger partial charge in [-0.15, -0.1) is 0 Å². The Bertz CT molecular complexity index is 943. The number of fused-ring (bicyclic) bond motifs is 1. The first-order valence-corrected chi connectivity index (χ1v) is 7.72. The number of methoxy groups -OCH3 is 1. The Labute approximate surface area is 173 Å². The summed E-state index contributed by atoms with van der Waals surface area (Å²) in [5.74, 6) is -0.367. The molecule has 6 heteroatoms. The second-order valence-electron chi connectivity index (χ2n) is 5.45. The molecule has 3 aromatic carbocycles. The smallest absolute Gasteiger partial charge is 0.872 e. The number of anilines is 1. The molecule has 0 aliphatic heterocycles. The molecular weight excluding hydrogens is 349 g/mol.